The molecule has 0 bridgehead atoms. The second-order valence-electron chi connectivity index (χ2n) is 2.60. The van der Waals surface area contributed by atoms with E-state index in [9.17, 15) is 5.11 Å². The van der Waals surface area contributed by atoms with E-state index in [0.717, 1.165) is 0 Å². The molecule has 1 N–H and O–H groups in total. The van der Waals surface area contributed by atoms with E-state index in [1.165, 1.54) is 7.11 Å². The van der Waals surface area contributed by atoms with Gasteiger partial charge >= 0.3 is 0 Å². The summed E-state index contributed by atoms with van der Waals surface area (Å²) in [5.41, 5.74) is 0. The van der Waals surface area contributed by atoms with E-state index in [4.69, 9.17) is 4.74 Å². The van der Waals surface area contributed by atoms with Crippen molar-refractivity contribution in [2.24, 2.45) is 10.9 Å². The van der Waals surface area contributed by atoms with E-state index < -0.39 is 5.79 Å². The van der Waals surface area contributed by atoms with E-state index in [2.05, 4.69) is 4.99 Å². The molecule has 1 aliphatic carbocycles. The highest BCUT2D eigenvalue weighted by Gasteiger charge is 2.62. The van der Waals surface area contributed by atoms with Crippen molar-refractivity contribution in [2.75, 3.05) is 7.11 Å². The minimum absolute atomic E-state index is 0.0532. The molecule has 0 radical (unpaired) electrons. The van der Waals surface area contributed by atoms with Gasteiger partial charge in [-0.2, -0.15) is 0 Å². The normalized spacial score (nSPS) is 46.4. The fraction of sp³-hybridized carbons (Fsp3) is 0.857. The Balaban J connectivity index is 2.55. The van der Waals surface area contributed by atoms with Crippen LogP contribution in [0.1, 0.15) is 13.8 Å². The van der Waals surface area contributed by atoms with Crippen molar-refractivity contribution in [3.8, 4) is 0 Å². The van der Waals surface area contributed by atoms with Crippen LogP contribution in [-0.2, 0) is 4.74 Å². The van der Waals surface area contributed by atoms with Gasteiger partial charge in [-0.1, -0.05) is 6.92 Å². The van der Waals surface area contributed by atoms with Gasteiger partial charge in [-0.25, -0.2) is 0 Å². The highest BCUT2D eigenvalue weighted by molar-refractivity contribution is 5.54. The number of nitrogens with zero attached hydrogens (tertiary/aromatic N) is 1. The smallest absolute Gasteiger partial charge is 0.193 e. The van der Waals surface area contributed by atoms with Crippen LogP contribution in [0.25, 0.3) is 0 Å². The molecule has 0 saturated heterocycles. The Hall–Kier alpha value is -0.410. The molecule has 1 aliphatic rings. The van der Waals surface area contributed by atoms with Gasteiger partial charge in [0.2, 0.25) is 0 Å². The fourth-order valence-corrected chi connectivity index (χ4v) is 1.19. The number of rotatable bonds is 2. The van der Waals surface area contributed by atoms with Crippen molar-refractivity contribution >= 4 is 6.21 Å². The summed E-state index contributed by atoms with van der Waals surface area (Å²) < 4.78 is 4.87. The van der Waals surface area contributed by atoms with E-state index in [1.54, 1.807) is 6.21 Å². The SMILES string of the molecule is C/C=N/C1C(C)C1(O)OC. The molecule has 3 atom stereocenters. The molecular weight excluding hydrogens is 130 g/mol. The van der Waals surface area contributed by atoms with Gasteiger partial charge in [0.05, 0.1) is 0 Å². The Morgan fingerprint density at radius 1 is 1.70 bits per heavy atom. The molecule has 0 aliphatic heterocycles. The van der Waals surface area contributed by atoms with Gasteiger partial charge in [0.15, 0.2) is 5.79 Å². The van der Waals surface area contributed by atoms with Crippen LogP contribution in [0.4, 0.5) is 0 Å². The third-order valence-corrected chi connectivity index (χ3v) is 2.08. The molecule has 1 rings (SSSR count). The first-order valence-electron chi connectivity index (χ1n) is 3.42. The van der Waals surface area contributed by atoms with E-state index in [0.29, 0.717) is 0 Å². The van der Waals surface area contributed by atoms with Crippen LogP contribution in [-0.4, -0.2) is 30.3 Å². The summed E-state index contributed by atoms with van der Waals surface area (Å²) >= 11 is 0. The Morgan fingerprint density at radius 2 is 2.30 bits per heavy atom. The maximum absolute atomic E-state index is 9.46. The summed E-state index contributed by atoms with van der Waals surface area (Å²) in [6, 6.07) is -0.0532. The molecule has 0 aromatic carbocycles. The number of aliphatic hydroxyl groups is 1. The molecular formula is C7H13NO2. The van der Waals surface area contributed by atoms with Gasteiger partial charge in [-0.05, 0) is 13.1 Å². The standard InChI is InChI=1S/C7H13NO2/c1-4-8-6-5(2)7(6,9)10-3/h4-6,9H,1-3H3/b8-4+. The molecule has 10 heavy (non-hydrogen) atoms. The molecule has 58 valence electrons. The minimum atomic E-state index is -0.980. The first-order chi connectivity index (χ1) is 4.66. The fourth-order valence-electron chi connectivity index (χ4n) is 1.19. The number of methoxy groups -OCH3 is 1. The average molecular weight is 143 g/mol. The van der Waals surface area contributed by atoms with Gasteiger partial charge < -0.3 is 9.84 Å². The predicted molar refractivity (Wildman–Crippen MR) is 39.1 cm³/mol. The lowest BCUT2D eigenvalue weighted by molar-refractivity contribution is -0.115. The van der Waals surface area contributed by atoms with Crippen LogP contribution in [0.15, 0.2) is 4.99 Å². The number of aliphatic imine (C=N–C) groups is 1. The third kappa shape index (κ3) is 0.859. The first kappa shape index (κ1) is 7.69. The zero-order valence-corrected chi connectivity index (χ0v) is 6.53. The summed E-state index contributed by atoms with van der Waals surface area (Å²) in [5.74, 6) is -0.847. The monoisotopic (exact) mass is 143 g/mol. The summed E-state index contributed by atoms with van der Waals surface area (Å²) in [4.78, 5) is 4.04. The summed E-state index contributed by atoms with van der Waals surface area (Å²) in [6.45, 7) is 3.75. The van der Waals surface area contributed by atoms with E-state index in [1.807, 2.05) is 13.8 Å². The Bertz CT molecular complexity index is 158. The second kappa shape index (κ2) is 2.32. The van der Waals surface area contributed by atoms with Crippen molar-refractivity contribution in [1.29, 1.82) is 0 Å². The first-order valence-corrected chi connectivity index (χ1v) is 3.42. The van der Waals surface area contributed by atoms with E-state index in [-0.39, 0.29) is 12.0 Å². The largest absolute Gasteiger partial charge is 0.363 e. The van der Waals surface area contributed by atoms with Gasteiger partial charge in [-0.3, -0.25) is 4.99 Å². The van der Waals surface area contributed by atoms with Crippen molar-refractivity contribution in [3.05, 3.63) is 0 Å². The zero-order chi connectivity index (χ0) is 7.78. The Labute approximate surface area is 60.7 Å². The number of hydrogen-bond acceptors (Lipinski definition) is 3. The molecule has 1 fully saturated rings. The summed E-state index contributed by atoms with van der Waals surface area (Å²) in [7, 11) is 1.50. The van der Waals surface area contributed by atoms with Crippen molar-refractivity contribution < 1.29 is 9.84 Å². The summed E-state index contributed by atoms with van der Waals surface area (Å²) in [6.07, 6.45) is 1.69. The highest BCUT2D eigenvalue weighted by atomic mass is 16.6. The Kier molecular flexibility index (Phi) is 1.79. The van der Waals surface area contributed by atoms with Gasteiger partial charge in [0.1, 0.15) is 6.04 Å². The highest BCUT2D eigenvalue weighted by Crippen LogP contribution is 2.46. The lowest BCUT2D eigenvalue weighted by Crippen LogP contribution is -2.16. The van der Waals surface area contributed by atoms with Crippen LogP contribution in [0.3, 0.4) is 0 Å². The van der Waals surface area contributed by atoms with E-state index >= 15 is 0 Å². The van der Waals surface area contributed by atoms with Crippen LogP contribution < -0.4 is 0 Å². The number of ether oxygens (including phenoxy) is 1. The van der Waals surface area contributed by atoms with Crippen LogP contribution in [0, 0.1) is 5.92 Å². The molecule has 3 heteroatoms. The zero-order valence-electron chi connectivity index (χ0n) is 6.53. The van der Waals surface area contributed by atoms with Crippen LogP contribution in [0.2, 0.25) is 0 Å². The quantitative estimate of drug-likeness (QED) is 0.450. The van der Waals surface area contributed by atoms with Crippen LogP contribution >= 0.6 is 0 Å². The maximum Gasteiger partial charge on any atom is 0.193 e. The molecule has 0 amide bonds. The molecule has 3 unspecified atom stereocenters. The molecule has 3 nitrogen and oxygen atoms in total. The van der Waals surface area contributed by atoms with Crippen molar-refractivity contribution in [3.63, 3.8) is 0 Å². The van der Waals surface area contributed by atoms with Gasteiger partial charge in [0, 0.05) is 13.0 Å². The minimum Gasteiger partial charge on any atom is -0.363 e. The molecule has 0 spiro atoms. The number of hydrogen-bond donors (Lipinski definition) is 1. The molecule has 0 aromatic rings. The third-order valence-electron chi connectivity index (χ3n) is 2.08. The van der Waals surface area contributed by atoms with Crippen molar-refractivity contribution in [2.45, 2.75) is 25.7 Å². The van der Waals surface area contributed by atoms with Gasteiger partial charge in [0.25, 0.3) is 0 Å². The molecule has 1 saturated carbocycles. The lowest BCUT2D eigenvalue weighted by atomic mass is 10.5. The maximum atomic E-state index is 9.46. The average Bonchev–Trinajstić information content (AvgIpc) is 2.43. The summed E-state index contributed by atoms with van der Waals surface area (Å²) in [5, 5.41) is 9.46. The molecule has 0 heterocycles. The lowest BCUT2D eigenvalue weighted by Gasteiger charge is -2.04. The van der Waals surface area contributed by atoms with Crippen LogP contribution in [0.5, 0.6) is 0 Å². The predicted octanol–water partition coefficient (Wildman–Crippen LogP) is 0.430. The topological polar surface area (TPSA) is 41.8 Å². The van der Waals surface area contributed by atoms with Gasteiger partial charge in [-0.15, -0.1) is 0 Å². The molecule has 0 aromatic heterocycles. The second-order valence-corrected chi connectivity index (χ2v) is 2.60. The van der Waals surface area contributed by atoms with Crippen molar-refractivity contribution in [1.82, 2.24) is 0 Å². The Morgan fingerprint density at radius 3 is 2.60 bits per heavy atom.